The lowest BCUT2D eigenvalue weighted by Crippen LogP contribution is -2.01. The van der Waals surface area contributed by atoms with Gasteiger partial charge in [-0.3, -0.25) is 5.43 Å². The highest BCUT2D eigenvalue weighted by molar-refractivity contribution is 5.90. The number of anilines is 1. The number of hydrazone groups is 1. The maximum atomic E-state index is 13.3. The van der Waals surface area contributed by atoms with Crippen LogP contribution in [0.25, 0.3) is 0 Å². The van der Waals surface area contributed by atoms with Gasteiger partial charge < -0.3 is 4.74 Å². The highest BCUT2D eigenvalue weighted by atomic mass is 19.1. The number of carbonyl (C=O) groups excluding carboxylic acids is 1. The summed E-state index contributed by atoms with van der Waals surface area (Å²) in [4.78, 5) is 11.2. The van der Waals surface area contributed by atoms with Crippen LogP contribution in [0.15, 0.2) is 47.6 Å². The van der Waals surface area contributed by atoms with Crippen LogP contribution in [0.3, 0.4) is 0 Å². The van der Waals surface area contributed by atoms with Crippen molar-refractivity contribution in [3.8, 4) is 0 Å². The monoisotopic (exact) mass is 290 g/mol. The predicted molar refractivity (Wildman–Crippen MR) is 75.4 cm³/mol. The highest BCUT2D eigenvalue weighted by Crippen LogP contribution is 2.14. The molecule has 1 N–H and O–H groups in total. The van der Waals surface area contributed by atoms with E-state index in [2.05, 4.69) is 15.3 Å². The first-order valence-electron chi connectivity index (χ1n) is 6.02. The second-order valence-corrected chi connectivity index (χ2v) is 4.11. The fourth-order valence-corrected chi connectivity index (χ4v) is 1.58. The number of nitrogens with one attached hydrogen (secondary N) is 1. The Kier molecular flexibility index (Phi) is 4.61. The van der Waals surface area contributed by atoms with E-state index in [0.29, 0.717) is 11.1 Å². The summed E-state index contributed by atoms with van der Waals surface area (Å²) in [6, 6.07) is 9.66. The van der Waals surface area contributed by atoms with E-state index in [0.717, 1.165) is 12.1 Å². The number of rotatable bonds is 4. The van der Waals surface area contributed by atoms with Gasteiger partial charge in [-0.05, 0) is 29.8 Å². The van der Waals surface area contributed by atoms with E-state index in [1.165, 1.54) is 19.4 Å². The van der Waals surface area contributed by atoms with Crippen molar-refractivity contribution in [3.63, 3.8) is 0 Å². The van der Waals surface area contributed by atoms with Crippen LogP contribution in [0.5, 0.6) is 0 Å². The van der Waals surface area contributed by atoms with Gasteiger partial charge in [0, 0.05) is 6.07 Å². The number of hydrogen-bond acceptors (Lipinski definition) is 4. The zero-order chi connectivity index (χ0) is 15.2. The third-order valence-corrected chi connectivity index (χ3v) is 2.66. The molecule has 0 saturated carbocycles. The molecule has 2 aromatic rings. The summed E-state index contributed by atoms with van der Waals surface area (Å²) < 4.78 is 30.6. The molecule has 0 radical (unpaired) electrons. The number of hydrogen-bond donors (Lipinski definition) is 1. The molecule has 0 aliphatic heterocycles. The van der Waals surface area contributed by atoms with Gasteiger partial charge in [-0.25, -0.2) is 13.6 Å². The van der Waals surface area contributed by atoms with Crippen molar-refractivity contribution < 1.29 is 18.3 Å². The molecule has 2 aromatic carbocycles. The normalized spacial score (nSPS) is 10.6. The van der Waals surface area contributed by atoms with Gasteiger partial charge in [-0.15, -0.1) is 0 Å². The van der Waals surface area contributed by atoms with E-state index in [-0.39, 0.29) is 5.69 Å². The number of carbonyl (C=O) groups is 1. The van der Waals surface area contributed by atoms with Gasteiger partial charge in [0.15, 0.2) is 5.82 Å². The molecule has 0 atom stereocenters. The number of halogens is 2. The topological polar surface area (TPSA) is 50.7 Å². The van der Waals surface area contributed by atoms with Crippen molar-refractivity contribution in [1.82, 2.24) is 0 Å². The molecular formula is C15H12F2N2O2. The molecule has 0 fully saturated rings. The van der Waals surface area contributed by atoms with Crippen LogP contribution in [-0.4, -0.2) is 19.3 Å². The Bertz CT molecular complexity index is 670. The van der Waals surface area contributed by atoms with Gasteiger partial charge in [-0.1, -0.05) is 12.1 Å². The summed E-state index contributed by atoms with van der Waals surface area (Å²) in [5.74, 6) is -1.81. The van der Waals surface area contributed by atoms with E-state index < -0.39 is 17.6 Å². The van der Waals surface area contributed by atoms with E-state index in [1.807, 2.05) is 0 Å². The predicted octanol–water partition coefficient (Wildman–Crippen LogP) is 3.20. The van der Waals surface area contributed by atoms with Crippen LogP contribution in [0, 0.1) is 11.6 Å². The Morgan fingerprint density at radius 2 is 1.90 bits per heavy atom. The fourth-order valence-electron chi connectivity index (χ4n) is 1.58. The average Bonchev–Trinajstić information content (AvgIpc) is 2.49. The van der Waals surface area contributed by atoms with Gasteiger partial charge in [0.25, 0.3) is 0 Å². The van der Waals surface area contributed by atoms with Crippen molar-refractivity contribution in [2.24, 2.45) is 5.10 Å². The second-order valence-electron chi connectivity index (χ2n) is 4.11. The van der Waals surface area contributed by atoms with Crippen molar-refractivity contribution >= 4 is 17.9 Å². The highest BCUT2D eigenvalue weighted by Gasteiger charge is 2.04. The summed E-state index contributed by atoms with van der Waals surface area (Å²) in [6.45, 7) is 0. The Hall–Kier alpha value is -2.76. The minimum atomic E-state index is -0.729. The molecule has 0 unspecified atom stereocenters. The molecule has 0 amide bonds. The lowest BCUT2D eigenvalue weighted by atomic mass is 10.1. The first-order valence-corrected chi connectivity index (χ1v) is 6.02. The zero-order valence-corrected chi connectivity index (χ0v) is 11.1. The van der Waals surface area contributed by atoms with Gasteiger partial charge >= 0.3 is 5.97 Å². The summed E-state index contributed by atoms with van der Waals surface area (Å²) in [5.41, 5.74) is 3.67. The molecule has 0 aliphatic rings. The number of esters is 1. The number of nitrogens with zero attached hydrogens (tertiary/aromatic N) is 1. The third-order valence-electron chi connectivity index (χ3n) is 2.66. The van der Waals surface area contributed by atoms with Crippen LogP contribution in [0.2, 0.25) is 0 Å². The molecule has 0 spiro atoms. The summed E-state index contributed by atoms with van der Waals surface area (Å²) in [7, 11) is 1.30. The fraction of sp³-hybridized carbons (Fsp3) is 0.0667. The smallest absolute Gasteiger partial charge is 0.337 e. The minimum Gasteiger partial charge on any atom is -0.465 e. The van der Waals surface area contributed by atoms with Crippen LogP contribution in [-0.2, 0) is 4.74 Å². The average molecular weight is 290 g/mol. The maximum Gasteiger partial charge on any atom is 0.337 e. The van der Waals surface area contributed by atoms with Gasteiger partial charge in [0.2, 0.25) is 0 Å². The lowest BCUT2D eigenvalue weighted by Gasteiger charge is -2.02. The molecule has 4 nitrogen and oxygen atoms in total. The van der Waals surface area contributed by atoms with Crippen LogP contribution in [0.4, 0.5) is 14.5 Å². The molecule has 0 saturated heterocycles. The summed E-state index contributed by atoms with van der Waals surface area (Å²) >= 11 is 0. The van der Waals surface area contributed by atoms with Crippen molar-refractivity contribution in [2.45, 2.75) is 0 Å². The van der Waals surface area contributed by atoms with Crippen LogP contribution in [0.1, 0.15) is 15.9 Å². The van der Waals surface area contributed by atoms with E-state index >= 15 is 0 Å². The molecular weight excluding hydrogens is 278 g/mol. The standard InChI is InChI=1S/C15H12F2N2O2/c1-21-15(20)11-4-2-10(3-5-11)9-18-19-14-7-6-12(16)8-13(14)17/h2-9,19H,1H3/b18-9+. The van der Waals surface area contributed by atoms with Crippen LogP contribution >= 0.6 is 0 Å². The number of benzene rings is 2. The largest absolute Gasteiger partial charge is 0.465 e. The Balaban J connectivity index is 2.02. The molecule has 0 bridgehead atoms. The summed E-state index contributed by atoms with van der Waals surface area (Å²) in [5, 5.41) is 3.84. The number of ether oxygens (including phenoxy) is 1. The Morgan fingerprint density at radius 3 is 2.52 bits per heavy atom. The SMILES string of the molecule is COC(=O)c1ccc(/C=N/Nc2ccc(F)cc2F)cc1. The minimum absolute atomic E-state index is 0.0684. The molecule has 2 rings (SSSR count). The third kappa shape index (κ3) is 3.85. The quantitative estimate of drug-likeness (QED) is 0.534. The van der Waals surface area contributed by atoms with Gasteiger partial charge in [0.1, 0.15) is 5.82 Å². The molecule has 0 aromatic heterocycles. The first kappa shape index (κ1) is 14.6. The molecule has 108 valence electrons. The summed E-state index contributed by atoms with van der Waals surface area (Å²) in [6.07, 6.45) is 1.45. The van der Waals surface area contributed by atoms with Crippen molar-refractivity contribution in [2.75, 3.05) is 12.5 Å². The molecule has 6 heteroatoms. The van der Waals surface area contributed by atoms with Crippen molar-refractivity contribution in [3.05, 3.63) is 65.2 Å². The Labute approximate surface area is 120 Å². The number of methoxy groups -OCH3 is 1. The first-order chi connectivity index (χ1) is 10.1. The second kappa shape index (κ2) is 6.60. The molecule has 21 heavy (non-hydrogen) atoms. The Morgan fingerprint density at radius 1 is 1.19 bits per heavy atom. The molecule has 0 aliphatic carbocycles. The lowest BCUT2D eigenvalue weighted by molar-refractivity contribution is 0.0600. The van der Waals surface area contributed by atoms with Crippen molar-refractivity contribution in [1.29, 1.82) is 0 Å². The van der Waals surface area contributed by atoms with Gasteiger partial charge in [0.05, 0.1) is 24.6 Å². The van der Waals surface area contributed by atoms with E-state index in [1.54, 1.807) is 24.3 Å². The zero-order valence-electron chi connectivity index (χ0n) is 11.1. The van der Waals surface area contributed by atoms with E-state index in [9.17, 15) is 13.6 Å². The molecule has 0 heterocycles. The van der Waals surface area contributed by atoms with E-state index in [4.69, 9.17) is 0 Å². The maximum absolute atomic E-state index is 13.3. The van der Waals surface area contributed by atoms with Gasteiger partial charge in [-0.2, -0.15) is 5.10 Å². The van der Waals surface area contributed by atoms with Crippen LogP contribution < -0.4 is 5.43 Å².